The molecular weight excluding hydrogens is 322 g/mol. The number of halogens is 1. The van der Waals surface area contributed by atoms with Gasteiger partial charge in [-0.05, 0) is 22.0 Å². The number of piperazine rings is 1. The number of hydrogen-bond donors (Lipinski definition) is 1. The van der Waals surface area contributed by atoms with Gasteiger partial charge >= 0.3 is 0 Å². The van der Waals surface area contributed by atoms with E-state index < -0.39 is 0 Å². The molecule has 1 aliphatic rings. The third kappa shape index (κ3) is 2.85. The van der Waals surface area contributed by atoms with Crippen molar-refractivity contribution >= 4 is 21.7 Å². The minimum Gasteiger partial charge on any atom is -0.395 e. The molecule has 0 atom stereocenters. The molecule has 0 aromatic carbocycles. The summed E-state index contributed by atoms with van der Waals surface area (Å²) in [5.74, 6) is 0.730. The molecule has 1 aliphatic heterocycles. The number of aromatic nitrogens is 3. The predicted octanol–water partition coefficient (Wildman–Crippen LogP) is 0.602. The third-order valence-electron chi connectivity index (χ3n) is 3.67. The highest BCUT2D eigenvalue weighted by molar-refractivity contribution is 9.10. The Hall–Kier alpha value is -1.02. The van der Waals surface area contributed by atoms with Crippen molar-refractivity contribution in [1.29, 1.82) is 0 Å². The molecule has 1 fully saturated rings. The SMILES string of the molecule is OCCN1CCN(Cc2nc3ncccn3c2Br)CC1. The minimum absolute atomic E-state index is 0.240. The fraction of sp³-hybridized carbons (Fsp3) is 0.538. The Morgan fingerprint density at radius 2 is 1.95 bits per heavy atom. The molecule has 1 saturated heterocycles. The third-order valence-corrected chi connectivity index (χ3v) is 4.51. The van der Waals surface area contributed by atoms with E-state index in [0.29, 0.717) is 0 Å². The number of β-amino-alcohol motifs (C(OH)–C–C–N with tert-alkyl or cyclic N) is 1. The number of aliphatic hydroxyl groups excluding tert-OH is 1. The summed E-state index contributed by atoms with van der Waals surface area (Å²) < 4.78 is 2.94. The van der Waals surface area contributed by atoms with Crippen LogP contribution >= 0.6 is 15.9 Å². The molecule has 1 N–H and O–H groups in total. The van der Waals surface area contributed by atoms with Crippen LogP contribution in [0.1, 0.15) is 5.69 Å². The van der Waals surface area contributed by atoms with E-state index in [1.807, 2.05) is 16.7 Å². The topological polar surface area (TPSA) is 56.9 Å². The zero-order valence-electron chi connectivity index (χ0n) is 11.2. The number of aliphatic hydroxyl groups is 1. The van der Waals surface area contributed by atoms with Crippen molar-refractivity contribution in [1.82, 2.24) is 24.2 Å². The first-order valence-electron chi connectivity index (χ1n) is 6.81. The molecule has 20 heavy (non-hydrogen) atoms. The van der Waals surface area contributed by atoms with Crippen molar-refractivity contribution < 1.29 is 5.11 Å². The molecular formula is C13H18BrN5O. The van der Waals surface area contributed by atoms with Crippen molar-refractivity contribution in [3.63, 3.8) is 0 Å². The van der Waals surface area contributed by atoms with Gasteiger partial charge in [-0.1, -0.05) is 0 Å². The lowest BCUT2D eigenvalue weighted by Gasteiger charge is -2.33. The summed E-state index contributed by atoms with van der Waals surface area (Å²) >= 11 is 3.61. The Bertz CT molecular complexity index is 579. The van der Waals surface area contributed by atoms with Crippen LogP contribution in [0.25, 0.3) is 5.78 Å². The zero-order valence-corrected chi connectivity index (χ0v) is 12.8. The predicted molar refractivity (Wildman–Crippen MR) is 79.5 cm³/mol. The van der Waals surface area contributed by atoms with Crippen molar-refractivity contribution in [2.24, 2.45) is 0 Å². The highest BCUT2D eigenvalue weighted by Gasteiger charge is 2.19. The molecule has 3 heterocycles. The van der Waals surface area contributed by atoms with Crippen molar-refractivity contribution in [3.8, 4) is 0 Å². The second kappa shape index (κ2) is 6.17. The van der Waals surface area contributed by atoms with Crippen LogP contribution < -0.4 is 0 Å². The fourth-order valence-electron chi connectivity index (χ4n) is 2.53. The summed E-state index contributed by atoms with van der Waals surface area (Å²) in [6, 6.07) is 1.90. The molecule has 7 heteroatoms. The molecule has 2 aromatic heterocycles. The van der Waals surface area contributed by atoms with Crippen LogP contribution in [0.5, 0.6) is 0 Å². The molecule has 2 aromatic rings. The first-order valence-corrected chi connectivity index (χ1v) is 7.60. The van der Waals surface area contributed by atoms with E-state index in [-0.39, 0.29) is 6.61 Å². The molecule has 3 rings (SSSR count). The first kappa shape index (κ1) is 13.9. The van der Waals surface area contributed by atoms with Crippen LogP contribution in [0.4, 0.5) is 0 Å². The molecule has 0 aliphatic carbocycles. The second-order valence-electron chi connectivity index (χ2n) is 4.98. The Morgan fingerprint density at radius 3 is 2.65 bits per heavy atom. The average molecular weight is 340 g/mol. The maximum Gasteiger partial charge on any atom is 0.234 e. The molecule has 0 saturated carbocycles. The summed E-state index contributed by atoms with van der Waals surface area (Å²) in [5.41, 5.74) is 1.03. The van der Waals surface area contributed by atoms with E-state index in [1.54, 1.807) is 6.20 Å². The number of rotatable bonds is 4. The summed E-state index contributed by atoms with van der Waals surface area (Å²) in [7, 11) is 0. The first-order chi connectivity index (χ1) is 9.78. The molecule has 6 nitrogen and oxygen atoms in total. The molecule has 0 spiro atoms. The number of nitrogens with zero attached hydrogens (tertiary/aromatic N) is 5. The van der Waals surface area contributed by atoms with Crippen LogP contribution in [0.3, 0.4) is 0 Å². The van der Waals surface area contributed by atoms with Gasteiger partial charge in [0.25, 0.3) is 0 Å². The van der Waals surface area contributed by atoms with E-state index >= 15 is 0 Å². The monoisotopic (exact) mass is 339 g/mol. The van der Waals surface area contributed by atoms with Gasteiger partial charge in [0.1, 0.15) is 4.60 Å². The standard InChI is InChI=1S/C13H18BrN5O/c14-12-11(16-13-15-2-1-3-19(12)13)10-18-6-4-17(5-7-18)8-9-20/h1-3,20H,4-10H2. The average Bonchev–Trinajstić information content (AvgIpc) is 2.79. The van der Waals surface area contributed by atoms with Gasteiger partial charge in [-0.3, -0.25) is 14.2 Å². The van der Waals surface area contributed by atoms with Crippen molar-refractivity contribution in [3.05, 3.63) is 28.8 Å². The maximum absolute atomic E-state index is 8.96. The summed E-state index contributed by atoms with van der Waals surface area (Å²) in [4.78, 5) is 13.5. The molecule has 108 valence electrons. The van der Waals surface area contributed by atoms with E-state index in [0.717, 1.165) is 55.3 Å². The Balaban J connectivity index is 1.67. The van der Waals surface area contributed by atoms with Crippen LogP contribution in [-0.4, -0.2) is 68.6 Å². The Labute approximate surface area is 126 Å². The number of fused-ring (bicyclic) bond motifs is 1. The van der Waals surface area contributed by atoms with Crippen molar-refractivity contribution in [2.45, 2.75) is 6.54 Å². The lowest BCUT2D eigenvalue weighted by molar-refractivity contribution is 0.107. The van der Waals surface area contributed by atoms with Gasteiger partial charge in [-0.2, -0.15) is 0 Å². The molecule has 0 amide bonds. The van der Waals surface area contributed by atoms with Gasteiger partial charge < -0.3 is 5.11 Å². The highest BCUT2D eigenvalue weighted by atomic mass is 79.9. The van der Waals surface area contributed by atoms with Gasteiger partial charge in [-0.25, -0.2) is 9.97 Å². The maximum atomic E-state index is 8.96. The molecule has 0 bridgehead atoms. The van der Waals surface area contributed by atoms with E-state index in [1.165, 1.54) is 0 Å². The molecule has 0 unspecified atom stereocenters. The van der Waals surface area contributed by atoms with E-state index in [4.69, 9.17) is 5.11 Å². The quantitative estimate of drug-likeness (QED) is 0.884. The van der Waals surface area contributed by atoms with Crippen LogP contribution in [0.2, 0.25) is 0 Å². The van der Waals surface area contributed by atoms with E-state index in [9.17, 15) is 0 Å². The number of imidazole rings is 1. The Morgan fingerprint density at radius 1 is 1.20 bits per heavy atom. The lowest BCUT2D eigenvalue weighted by Crippen LogP contribution is -2.46. The normalized spacial score (nSPS) is 17.9. The second-order valence-corrected chi connectivity index (χ2v) is 5.73. The minimum atomic E-state index is 0.240. The van der Waals surface area contributed by atoms with Crippen LogP contribution in [0.15, 0.2) is 23.1 Å². The van der Waals surface area contributed by atoms with Gasteiger partial charge in [0, 0.05) is 51.7 Å². The lowest BCUT2D eigenvalue weighted by atomic mass is 10.3. The van der Waals surface area contributed by atoms with Gasteiger partial charge in [0.15, 0.2) is 0 Å². The fourth-order valence-corrected chi connectivity index (χ4v) is 3.02. The largest absolute Gasteiger partial charge is 0.395 e. The summed E-state index contributed by atoms with van der Waals surface area (Å²) in [6.07, 6.45) is 3.72. The van der Waals surface area contributed by atoms with Gasteiger partial charge in [0.05, 0.1) is 12.3 Å². The number of hydrogen-bond acceptors (Lipinski definition) is 5. The van der Waals surface area contributed by atoms with Crippen molar-refractivity contribution in [2.75, 3.05) is 39.3 Å². The van der Waals surface area contributed by atoms with Gasteiger partial charge in [-0.15, -0.1) is 0 Å². The summed E-state index contributed by atoms with van der Waals surface area (Å²) in [6.45, 7) is 5.87. The smallest absolute Gasteiger partial charge is 0.234 e. The zero-order chi connectivity index (χ0) is 13.9. The van der Waals surface area contributed by atoms with Crippen LogP contribution in [0, 0.1) is 0 Å². The van der Waals surface area contributed by atoms with Crippen LogP contribution in [-0.2, 0) is 6.54 Å². The van der Waals surface area contributed by atoms with Gasteiger partial charge in [0.2, 0.25) is 5.78 Å². The summed E-state index contributed by atoms with van der Waals surface area (Å²) in [5, 5.41) is 8.96. The highest BCUT2D eigenvalue weighted by Crippen LogP contribution is 2.19. The molecule has 0 radical (unpaired) electrons. The Kier molecular flexibility index (Phi) is 4.30. The van der Waals surface area contributed by atoms with E-state index in [2.05, 4.69) is 35.7 Å².